The Morgan fingerprint density at radius 1 is 0.857 bits per heavy atom. The number of nitrogens with one attached hydrogen (secondary N) is 1. The predicted octanol–water partition coefficient (Wildman–Crippen LogP) is 5.09. The lowest BCUT2D eigenvalue weighted by molar-refractivity contribution is 0.300. The molecule has 35 heavy (non-hydrogen) atoms. The molecular weight excluding hydrogens is 430 g/mol. The number of rotatable bonds is 4. The van der Waals surface area contributed by atoms with E-state index in [2.05, 4.69) is 86.2 Å². The van der Waals surface area contributed by atoms with Crippen molar-refractivity contribution in [3.05, 3.63) is 102 Å². The maximum atomic E-state index is 4.78. The summed E-state index contributed by atoms with van der Waals surface area (Å²) in [5.41, 5.74) is 8.44. The van der Waals surface area contributed by atoms with Gasteiger partial charge in [-0.2, -0.15) is 0 Å². The van der Waals surface area contributed by atoms with Crippen molar-refractivity contribution in [2.24, 2.45) is 4.99 Å². The van der Waals surface area contributed by atoms with Gasteiger partial charge >= 0.3 is 0 Å². The number of aliphatic imine (C=N–C) groups is 1. The molecule has 1 N–H and O–H groups in total. The summed E-state index contributed by atoms with van der Waals surface area (Å²) in [6.07, 6.45) is 3.00. The van der Waals surface area contributed by atoms with Gasteiger partial charge in [0, 0.05) is 38.3 Å². The lowest BCUT2D eigenvalue weighted by Gasteiger charge is -2.33. The van der Waals surface area contributed by atoms with Gasteiger partial charge in [-0.15, -0.1) is 0 Å². The van der Waals surface area contributed by atoms with E-state index in [1.54, 1.807) is 0 Å². The Balaban J connectivity index is 1.06. The molecular formula is C30H27N5. The fourth-order valence-electron chi connectivity index (χ4n) is 4.76. The van der Waals surface area contributed by atoms with E-state index in [1.165, 1.54) is 28.0 Å². The van der Waals surface area contributed by atoms with Crippen LogP contribution in [0.5, 0.6) is 0 Å². The highest BCUT2D eigenvalue weighted by atomic mass is 15.2. The Hall–Kier alpha value is -4.14. The van der Waals surface area contributed by atoms with E-state index in [4.69, 9.17) is 4.99 Å². The summed E-state index contributed by atoms with van der Waals surface area (Å²) in [4.78, 5) is 17.3. The fourth-order valence-corrected chi connectivity index (χ4v) is 4.76. The number of imidazole rings is 1. The lowest BCUT2D eigenvalue weighted by atomic mass is 10.0. The van der Waals surface area contributed by atoms with Crippen molar-refractivity contribution in [1.82, 2.24) is 19.8 Å². The number of para-hydroxylation sites is 2. The van der Waals surface area contributed by atoms with E-state index in [-0.39, 0.29) is 0 Å². The van der Waals surface area contributed by atoms with Gasteiger partial charge in [0.1, 0.15) is 0 Å². The monoisotopic (exact) mass is 457 g/mol. The van der Waals surface area contributed by atoms with E-state index in [1.807, 2.05) is 30.6 Å². The largest absolute Gasteiger partial charge is 0.354 e. The number of hydrogen-bond acceptors (Lipinski definition) is 4. The summed E-state index contributed by atoms with van der Waals surface area (Å²) in [5.74, 6) is 7.23. The first-order valence-corrected chi connectivity index (χ1v) is 12.1. The quantitative estimate of drug-likeness (QED) is 0.435. The molecule has 0 aliphatic carbocycles. The molecule has 0 saturated carbocycles. The number of aromatic nitrogens is 2. The van der Waals surface area contributed by atoms with Gasteiger partial charge in [0.15, 0.2) is 5.82 Å². The third-order valence-corrected chi connectivity index (χ3v) is 6.60. The predicted molar refractivity (Wildman–Crippen MR) is 142 cm³/mol. The SMILES string of the molecule is C(#Cc1nc2ccccc2[nH]1)CN1CCC2=C(CN(Cc3ccc(-c4ccccc4)cc3)C=N2)C1. The molecule has 1 aromatic heterocycles. The third kappa shape index (κ3) is 4.89. The van der Waals surface area contributed by atoms with Gasteiger partial charge in [-0.1, -0.05) is 72.7 Å². The molecule has 5 nitrogen and oxygen atoms in total. The molecule has 6 rings (SSSR count). The minimum absolute atomic E-state index is 0.731. The number of hydrogen-bond donors (Lipinski definition) is 1. The highest BCUT2D eigenvalue weighted by Gasteiger charge is 2.22. The van der Waals surface area contributed by atoms with Crippen LogP contribution in [-0.4, -0.2) is 52.3 Å². The highest BCUT2D eigenvalue weighted by molar-refractivity contribution is 5.75. The van der Waals surface area contributed by atoms with Crippen LogP contribution in [0, 0.1) is 11.8 Å². The van der Waals surface area contributed by atoms with E-state index >= 15 is 0 Å². The molecule has 5 heteroatoms. The summed E-state index contributed by atoms with van der Waals surface area (Å²) in [6, 6.07) is 27.4. The fraction of sp³-hybridized carbons (Fsp3) is 0.200. The summed E-state index contributed by atoms with van der Waals surface area (Å²) in [5, 5.41) is 0. The Morgan fingerprint density at radius 3 is 2.51 bits per heavy atom. The summed E-state index contributed by atoms with van der Waals surface area (Å²) in [6.45, 7) is 4.43. The zero-order valence-electron chi connectivity index (χ0n) is 19.6. The zero-order chi connectivity index (χ0) is 23.5. The number of aromatic amines is 1. The smallest absolute Gasteiger partial charge is 0.183 e. The van der Waals surface area contributed by atoms with Gasteiger partial charge in [-0.3, -0.25) is 4.90 Å². The molecule has 0 bridgehead atoms. The van der Waals surface area contributed by atoms with Crippen LogP contribution in [0.15, 0.2) is 95.1 Å². The maximum Gasteiger partial charge on any atom is 0.183 e. The van der Waals surface area contributed by atoms with Crippen LogP contribution in [0.3, 0.4) is 0 Å². The maximum absolute atomic E-state index is 4.78. The van der Waals surface area contributed by atoms with Crippen molar-refractivity contribution >= 4 is 17.4 Å². The second kappa shape index (κ2) is 9.61. The van der Waals surface area contributed by atoms with E-state index < -0.39 is 0 Å². The van der Waals surface area contributed by atoms with E-state index in [9.17, 15) is 0 Å². The minimum atomic E-state index is 0.731. The topological polar surface area (TPSA) is 47.5 Å². The average molecular weight is 458 g/mol. The number of H-pyrrole nitrogens is 1. The second-order valence-electron chi connectivity index (χ2n) is 9.13. The molecule has 0 amide bonds. The van der Waals surface area contributed by atoms with Crippen LogP contribution in [0.2, 0.25) is 0 Å². The normalized spacial score (nSPS) is 15.7. The van der Waals surface area contributed by atoms with Crippen molar-refractivity contribution in [1.29, 1.82) is 0 Å². The van der Waals surface area contributed by atoms with Crippen molar-refractivity contribution in [2.45, 2.75) is 13.0 Å². The van der Waals surface area contributed by atoms with Gasteiger partial charge in [0.25, 0.3) is 0 Å². The van der Waals surface area contributed by atoms with Crippen LogP contribution in [0.25, 0.3) is 22.2 Å². The van der Waals surface area contributed by atoms with Crippen molar-refractivity contribution in [3.8, 4) is 23.0 Å². The Bertz CT molecular complexity index is 1420. The zero-order valence-corrected chi connectivity index (χ0v) is 19.6. The number of benzene rings is 3. The molecule has 0 atom stereocenters. The standard InChI is InChI=1S/C30H27N5/c1-2-7-24(8-3-1)25-14-12-23(13-15-25)19-35-21-26-20-34(18-16-27(26)31-22-35)17-6-11-30-32-28-9-4-5-10-29(28)33-30/h1-5,7-10,12-15,22H,16-21H2,(H,32,33). The van der Waals surface area contributed by atoms with Crippen LogP contribution in [-0.2, 0) is 6.54 Å². The second-order valence-corrected chi connectivity index (χ2v) is 9.13. The molecule has 0 saturated heterocycles. The van der Waals surface area contributed by atoms with Gasteiger partial charge in [-0.05, 0) is 40.3 Å². The van der Waals surface area contributed by atoms with Crippen LogP contribution in [0.1, 0.15) is 17.8 Å². The minimum Gasteiger partial charge on any atom is -0.354 e. The van der Waals surface area contributed by atoms with Crippen molar-refractivity contribution < 1.29 is 0 Å². The summed E-state index contributed by atoms with van der Waals surface area (Å²) < 4.78 is 0. The number of nitrogens with zero attached hydrogens (tertiary/aromatic N) is 4. The van der Waals surface area contributed by atoms with Crippen LogP contribution >= 0.6 is 0 Å². The molecule has 0 unspecified atom stereocenters. The van der Waals surface area contributed by atoms with Gasteiger partial charge in [0.05, 0.1) is 23.9 Å². The summed E-state index contributed by atoms with van der Waals surface area (Å²) in [7, 11) is 0. The molecule has 172 valence electrons. The lowest BCUT2D eigenvalue weighted by Crippen LogP contribution is -2.38. The Kier molecular flexibility index (Phi) is 5.88. The first-order chi connectivity index (χ1) is 17.3. The van der Waals surface area contributed by atoms with Gasteiger partial charge in [0.2, 0.25) is 0 Å². The Labute approximate surface area is 205 Å². The van der Waals surface area contributed by atoms with Crippen LogP contribution in [0.4, 0.5) is 0 Å². The molecule has 0 fully saturated rings. The van der Waals surface area contributed by atoms with Crippen molar-refractivity contribution in [3.63, 3.8) is 0 Å². The van der Waals surface area contributed by atoms with E-state index in [0.29, 0.717) is 0 Å². The number of fused-ring (bicyclic) bond motifs is 1. The first kappa shape index (κ1) is 21.4. The van der Waals surface area contributed by atoms with Gasteiger partial charge < -0.3 is 9.88 Å². The molecule has 3 aromatic carbocycles. The molecule has 2 aliphatic rings. The average Bonchev–Trinajstić information content (AvgIpc) is 3.32. The van der Waals surface area contributed by atoms with Crippen LogP contribution < -0.4 is 0 Å². The van der Waals surface area contributed by atoms with Gasteiger partial charge in [-0.25, -0.2) is 9.98 Å². The highest BCUT2D eigenvalue weighted by Crippen LogP contribution is 2.24. The summed E-state index contributed by atoms with van der Waals surface area (Å²) >= 11 is 0. The van der Waals surface area contributed by atoms with E-state index in [0.717, 1.165) is 56.0 Å². The first-order valence-electron chi connectivity index (χ1n) is 12.1. The third-order valence-electron chi connectivity index (χ3n) is 6.60. The molecule has 0 spiro atoms. The molecule has 4 aromatic rings. The molecule has 0 radical (unpaired) electrons. The molecule has 3 heterocycles. The molecule has 2 aliphatic heterocycles. The van der Waals surface area contributed by atoms with Crippen molar-refractivity contribution in [2.75, 3.05) is 26.2 Å². The Morgan fingerprint density at radius 2 is 1.66 bits per heavy atom.